The van der Waals surface area contributed by atoms with Crippen LogP contribution in [0.1, 0.15) is 47.7 Å². The quantitative estimate of drug-likeness (QED) is 0.399. The van der Waals surface area contributed by atoms with Crippen molar-refractivity contribution < 1.29 is 23.7 Å². The van der Waals surface area contributed by atoms with Crippen LogP contribution in [0.3, 0.4) is 0 Å². The Morgan fingerprint density at radius 1 is 1.09 bits per heavy atom. The third kappa shape index (κ3) is 4.96. The Balaban J connectivity index is 1.72. The van der Waals surface area contributed by atoms with Crippen molar-refractivity contribution in [3.63, 3.8) is 0 Å². The lowest BCUT2D eigenvalue weighted by molar-refractivity contribution is 0.0274. The van der Waals surface area contributed by atoms with Gasteiger partial charge in [-0.05, 0) is 70.7 Å². The number of hydrogen-bond donors (Lipinski definition) is 0. The molecule has 3 aromatic rings. The van der Waals surface area contributed by atoms with Crippen LogP contribution in [0.5, 0.6) is 17.2 Å². The first kappa shape index (κ1) is 23.1. The van der Waals surface area contributed by atoms with Crippen LogP contribution in [-0.4, -0.2) is 30.5 Å². The minimum atomic E-state index is -0.732. The van der Waals surface area contributed by atoms with E-state index in [0.717, 1.165) is 64.0 Å². The number of carbonyl (C=O) groups excluding carboxylic acids is 1. The number of rotatable bonds is 6. The van der Waals surface area contributed by atoms with Crippen molar-refractivity contribution in [3.8, 4) is 17.2 Å². The molecule has 2 aromatic carbocycles. The zero-order chi connectivity index (χ0) is 23.5. The van der Waals surface area contributed by atoms with Crippen LogP contribution in [0.2, 0.25) is 0 Å². The number of benzene rings is 2. The van der Waals surface area contributed by atoms with Crippen molar-refractivity contribution in [2.75, 3.05) is 13.2 Å². The van der Waals surface area contributed by atoms with E-state index in [0.29, 0.717) is 12.4 Å². The lowest BCUT2D eigenvalue weighted by Crippen LogP contribution is -2.20. The average Bonchev–Trinajstić information content (AvgIpc) is 3.32. The Bertz CT molecular complexity index is 1160. The third-order valence-corrected chi connectivity index (χ3v) is 6.11. The van der Waals surface area contributed by atoms with Gasteiger partial charge >= 0.3 is 6.16 Å². The molecule has 1 saturated heterocycles. The van der Waals surface area contributed by atoms with Crippen LogP contribution in [0, 0.1) is 27.7 Å². The number of pyridine rings is 1. The molecule has 2 heterocycles. The number of aryl methyl sites for hydroxylation is 4. The summed E-state index contributed by atoms with van der Waals surface area (Å²) in [5.74, 6) is 1.95. The Kier molecular flexibility index (Phi) is 6.84. The Morgan fingerprint density at radius 2 is 1.85 bits per heavy atom. The maximum absolute atomic E-state index is 12.6. The number of nitrogens with zero attached hydrogens (tertiary/aromatic N) is 1. The van der Waals surface area contributed by atoms with Crippen molar-refractivity contribution in [2.45, 2.75) is 60.0 Å². The summed E-state index contributed by atoms with van der Waals surface area (Å²) in [4.78, 5) is 17.4. The highest BCUT2D eigenvalue weighted by atomic mass is 16.7. The van der Waals surface area contributed by atoms with Gasteiger partial charge in [-0.25, -0.2) is 4.79 Å². The van der Waals surface area contributed by atoms with Gasteiger partial charge in [-0.3, -0.25) is 4.98 Å². The van der Waals surface area contributed by atoms with E-state index >= 15 is 0 Å². The van der Waals surface area contributed by atoms with E-state index in [1.807, 2.05) is 65.0 Å². The molecule has 0 bridgehead atoms. The maximum Gasteiger partial charge on any atom is 0.513 e. The molecule has 1 unspecified atom stereocenters. The van der Waals surface area contributed by atoms with Gasteiger partial charge in [-0.15, -0.1) is 0 Å². The molecular weight excluding hydrogens is 418 g/mol. The summed E-state index contributed by atoms with van der Waals surface area (Å²) < 4.78 is 23.0. The fourth-order valence-corrected chi connectivity index (χ4v) is 4.27. The number of aromatic nitrogens is 1. The molecule has 1 aromatic heterocycles. The molecule has 1 aliphatic heterocycles. The summed E-state index contributed by atoms with van der Waals surface area (Å²) in [5, 5.41) is 0.756. The van der Waals surface area contributed by atoms with Crippen molar-refractivity contribution in [2.24, 2.45) is 0 Å². The average molecular weight is 450 g/mol. The Morgan fingerprint density at radius 3 is 2.52 bits per heavy atom. The number of carbonyl (C=O) groups is 1. The molecule has 0 radical (unpaired) electrons. The normalized spacial score (nSPS) is 15.6. The standard InChI is InChI=1S/C27H31NO5/c1-6-22-18(4)26(33-27(29)31-15-21-8-7-13-30-21)24-19(5)25(17(3)14-23(24)28-22)32-20-11-9-16(2)10-12-20/h9-12,14,21H,6-8,13,15H2,1-5H3. The minimum Gasteiger partial charge on any atom is -0.457 e. The van der Waals surface area contributed by atoms with Crippen LogP contribution in [0.25, 0.3) is 10.9 Å². The second-order valence-corrected chi connectivity index (χ2v) is 8.62. The molecule has 0 amide bonds. The molecule has 174 valence electrons. The molecule has 0 aliphatic carbocycles. The molecule has 0 N–H and O–H groups in total. The molecule has 6 heteroatoms. The van der Waals surface area contributed by atoms with E-state index < -0.39 is 6.16 Å². The third-order valence-electron chi connectivity index (χ3n) is 6.11. The zero-order valence-electron chi connectivity index (χ0n) is 20.0. The second kappa shape index (κ2) is 9.79. The summed E-state index contributed by atoms with van der Waals surface area (Å²) in [6.07, 6.45) is 1.81. The molecule has 1 fully saturated rings. The predicted octanol–water partition coefficient (Wildman–Crippen LogP) is 6.52. The van der Waals surface area contributed by atoms with Gasteiger partial charge in [0, 0.05) is 23.4 Å². The lowest BCUT2D eigenvalue weighted by atomic mass is 9.99. The smallest absolute Gasteiger partial charge is 0.457 e. The highest BCUT2D eigenvalue weighted by molar-refractivity contribution is 5.94. The zero-order valence-corrected chi connectivity index (χ0v) is 20.0. The van der Waals surface area contributed by atoms with Gasteiger partial charge in [-0.2, -0.15) is 0 Å². The van der Waals surface area contributed by atoms with Crippen LogP contribution >= 0.6 is 0 Å². The Labute approximate surface area is 194 Å². The summed E-state index contributed by atoms with van der Waals surface area (Å²) in [6.45, 7) is 10.9. The predicted molar refractivity (Wildman–Crippen MR) is 128 cm³/mol. The van der Waals surface area contributed by atoms with Crippen LogP contribution in [0.4, 0.5) is 4.79 Å². The van der Waals surface area contributed by atoms with Crippen molar-refractivity contribution in [1.29, 1.82) is 0 Å². The van der Waals surface area contributed by atoms with E-state index in [9.17, 15) is 4.79 Å². The summed E-state index contributed by atoms with van der Waals surface area (Å²) in [7, 11) is 0. The molecule has 33 heavy (non-hydrogen) atoms. The van der Waals surface area contributed by atoms with E-state index in [1.54, 1.807) is 0 Å². The van der Waals surface area contributed by atoms with Gasteiger partial charge in [0.15, 0.2) is 0 Å². The lowest BCUT2D eigenvalue weighted by Gasteiger charge is -2.19. The van der Waals surface area contributed by atoms with Gasteiger partial charge in [0.25, 0.3) is 0 Å². The monoisotopic (exact) mass is 449 g/mol. The molecular formula is C27H31NO5. The Hall–Kier alpha value is -3.12. The summed E-state index contributed by atoms with van der Waals surface area (Å²) in [6, 6.07) is 9.90. The van der Waals surface area contributed by atoms with Gasteiger partial charge in [0.1, 0.15) is 23.9 Å². The van der Waals surface area contributed by atoms with E-state index in [2.05, 4.69) is 0 Å². The first-order valence-electron chi connectivity index (χ1n) is 11.5. The largest absolute Gasteiger partial charge is 0.513 e. The molecule has 1 aliphatic rings. The molecule has 0 saturated carbocycles. The molecule has 4 rings (SSSR count). The summed E-state index contributed by atoms with van der Waals surface area (Å²) in [5.41, 5.74) is 5.48. The second-order valence-electron chi connectivity index (χ2n) is 8.62. The first-order valence-corrected chi connectivity index (χ1v) is 11.5. The van der Waals surface area contributed by atoms with Gasteiger partial charge in [0.2, 0.25) is 0 Å². The SMILES string of the molecule is CCc1nc2cc(C)c(Oc3ccc(C)cc3)c(C)c2c(OC(=O)OCC2CCCO2)c1C. The van der Waals surface area contributed by atoms with Crippen LogP contribution < -0.4 is 9.47 Å². The number of fused-ring (bicyclic) bond motifs is 1. The number of ether oxygens (including phenoxy) is 4. The minimum absolute atomic E-state index is 0.0575. The molecule has 1 atom stereocenters. The molecule has 6 nitrogen and oxygen atoms in total. The number of hydrogen-bond acceptors (Lipinski definition) is 6. The van der Waals surface area contributed by atoms with E-state index in [-0.39, 0.29) is 12.7 Å². The van der Waals surface area contributed by atoms with Gasteiger partial charge in [0.05, 0.1) is 17.0 Å². The summed E-state index contributed by atoms with van der Waals surface area (Å²) >= 11 is 0. The van der Waals surface area contributed by atoms with E-state index in [4.69, 9.17) is 23.9 Å². The maximum atomic E-state index is 12.6. The van der Waals surface area contributed by atoms with Gasteiger partial charge < -0.3 is 18.9 Å². The van der Waals surface area contributed by atoms with Crippen LogP contribution in [-0.2, 0) is 15.9 Å². The topological polar surface area (TPSA) is 66.9 Å². The first-order chi connectivity index (χ1) is 15.9. The van der Waals surface area contributed by atoms with Crippen molar-refractivity contribution >= 4 is 17.1 Å². The van der Waals surface area contributed by atoms with E-state index in [1.165, 1.54) is 5.56 Å². The van der Waals surface area contributed by atoms with Crippen molar-refractivity contribution in [3.05, 3.63) is 58.3 Å². The highest BCUT2D eigenvalue weighted by Gasteiger charge is 2.23. The van der Waals surface area contributed by atoms with Gasteiger partial charge in [-0.1, -0.05) is 24.6 Å². The van der Waals surface area contributed by atoms with Crippen LogP contribution in [0.15, 0.2) is 30.3 Å². The van der Waals surface area contributed by atoms with Crippen molar-refractivity contribution in [1.82, 2.24) is 4.98 Å². The molecule has 0 spiro atoms. The fraction of sp³-hybridized carbons (Fsp3) is 0.407. The fourth-order valence-electron chi connectivity index (χ4n) is 4.27. The highest BCUT2D eigenvalue weighted by Crippen LogP contribution is 2.40.